The predicted molar refractivity (Wildman–Crippen MR) is 134 cm³/mol. The maximum Gasteiger partial charge on any atom is 0.246 e. The van der Waals surface area contributed by atoms with Gasteiger partial charge in [-0.2, -0.15) is 5.26 Å². The van der Waals surface area contributed by atoms with Gasteiger partial charge in [-0.15, -0.1) is 0 Å². The quantitative estimate of drug-likeness (QED) is 0.695. The Hall–Kier alpha value is -3.67. The van der Waals surface area contributed by atoms with Gasteiger partial charge in [0, 0.05) is 37.7 Å². The van der Waals surface area contributed by atoms with Gasteiger partial charge in [0.15, 0.2) is 0 Å². The molecule has 2 N–H and O–H groups in total. The van der Waals surface area contributed by atoms with E-state index < -0.39 is 0 Å². The second-order valence-corrected chi connectivity index (χ2v) is 8.43. The number of nitriles is 1. The normalized spacial score (nSPS) is 24.4. The highest BCUT2D eigenvalue weighted by molar-refractivity contribution is 6.11. The highest BCUT2D eigenvalue weighted by atomic mass is 16.5. The molecular weight excluding hydrogens is 444 g/mol. The molecule has 3 aliphatic rings. The van der Waals surface area contributed by atoms with Crippen LogP contribution in [0.5, 0.6) is 5.75 Å². The fourth-order valence-corrected chi connectivity index (χ4v) is 4.12. The van der Waals surface area contributed by atoms with E-state index in [0.717, 1.165) is 46.7 Å². The molecule has 0 spiro atoms. The van der Waals surface area contributed by atoms with Crippen molar-refractivity contribution >= 4 is 17.3 Å². The van der Waals surface area contributed by atoms with Crippen molar-refractivity contribution in [2.24, 2.45) is 4.99 Å². The zero-order chi connectivity index (χ0) is 24.6. The number of nitrogens with one attached hydrogen (secondary N) is 2. The Bertz CT molecular complexity index is 1160. The first-order chi connectivity index (χ1) is 17.1. The Labute approximate surface area is 205 Å². The van der Waals surface area contributed by atoms with Crippen molar-refractivity contribution in [2.75, 3.05) is 40.0 Å². The summed E-state index contributed by atoms with van der Waals surface area (Å²) in [6, 6.07) is 8.01. The molecule has 0 aromatic heterocycles. The second-order valence-electron chi connectivity index (χ2n) is 8.43. The third-order valence-corrected chi connectivity index (χ3v) is 6.10. The lowest BCUT2D eigenvalue weighted by Crippen LogP contribution is -2.28. The molecule has 0 atom stereocenters. The average molecular weight is 475 g/mol. The molecule has 0 unspecified atom stereocenters. The lowest BCUT2D eigenvalue weighted by Gasteiger charge is -2.24. The Kier molecular flexibility index (Phi) is 8.14. The van der Waals surface area contributed by atoms with E-state index in [-0.39, 0.29) is 18.6 Å². The van der Waals surface area contributed by atoms with Crippen molar-refractivity contribution in [1.29, 1.82) is 5.26 Å². The minimum absolute atomic E-state index is 0.0332. The van der Waals surface area contributed by atoms with Crippen molar-refractivity contribution in [3.63, 3.8) is 0 Å². The van der Waals surface area contributed by atoms with Crippen LogP contribution in [0.1, 0.15) is 30.9 Å². The summed E-state index contributed by atoms with van der Waals surface area (Å²) >= 11 is 0. The van der Waals surface area contributed by atoms with Crippen LogP contribution in [0.3, 0.4) is 0 Å². The second kappa shape index (κ2) is 11.6. The number of amides is 1. The van der Waals surface area contributed by atoms with Crippen LogP contribution in [0.2, 0.25) is 0 Å². The molecule has 3 heterocycles. The first kappa shape index (κ1) is 24.5. The molecule has 3 aliphatic heterocycles. The Morgan fingerprint density at radius 3 is 2.86 bits per heavy atom. The van der Waals surface area contributed by atoms with Gasteiger partial charge in [-0.3, -0.25) is 9.79 Å². The molecule has 0 bridgehead atoms. The highest BCUT2D eigenvalue weighted by Crippen LogP contribution is 2.30. The van der Waals surface area contributed by atoms with Gasteiger partial charge in [0.05, 0.1) is 25.4 Å². The van der Waals surface area contributed by atoms with E-state index in [0.29, 0.717) is 37.7 Å². The summed E-state index contributed by atoms with van der Waals surface area (Å²) in [5.41, 5.74) is 5.23. The van der Waals surface area contributed by atoms with Gasteiger partial charge in [0.2, 0.25) is 5.91 Å². The number of hydrogen-bond acceptors (Lipinski definition) is 6. The van der Waals surface area contributed by atoms with E-state index in [1.807, 2.05) is 43.4 Å². The molecule has 4 rings (SSSR count). The van der Waals surface area contributed by atoms with Crippen LogP contribution < -0.4 is 15.4 Å². The maximum atomic E-state index is 11.6. The van der Waals surface area contributed by atoms with Gasteiger partial charge in [-0.25, -0.2) is 0 Å². The average Bonchev–Trinajstić information content (AvgIpc) is 3.32. The molecule has 0 saturated carbocycles. The lowest BCUT2D eigenvalue weighted by atomic mass is 9.98. The standard InChI is InChI=1S/C27H30N4O4/c1-18(20-5-6-25(21(14-20)16-28)35-22-8-12-33-13-9-22)23-15-24(31-27(23)29-2)19-4-3-10-30-26(32)17-34-11-7-19/h3-7,14-15,22H,8-13,17H2,1-2H3,(H,29,31)(H,30,32)/b4-3-,19-7+,23-18+. The van der Waals surface area contributed by atoms with Crippen LogP contribution in [0.15, 0.2) is 64.3 Å². The smallest absolute Gasteiger partial charge is 0.246 e. The fraction of sp³-hybridized carbons (Fsp3) is 0.370. The molecular formula is C27H30N4O4. The Balaban J connectivity index is 1.61. The molecule has 182 valence electrons. The SMILES string of the molecule is CN=C1NC(C2=C/COCC(=O)NC/C=C\2)=C/C1=C(/C)c1ccc(OC2CCOCC2)c(C#N)c1. The molecule has 1 fully saturated rings. The molecule has 8 nitrogen and oxygen atoms in total. The summed E-state index contributed by atoms with van der Waals surface area (Å²) in [7, 11) is 1.74. The first-order valence-electron chi connectivity index (χ1n) is 11.8. The van der Waals surface area contributed by atoms with E-state index in [9.17, 15) is 10.1 Å². The van der Waals surface area contributed by atoms with Gasteiger partial charge < -0.3 is 24.8 Å². The Morgan fingerprint density at radius 1 is 1.26 bits per heavy atom. The van der Waals surface area contributed by atoms with E-state index in [1.54, 1.807) is 7.05 Å². The van der Waals surface area contributed by atoms with Crippen molar-refractivity contribution < 1.29 is 19.0 Å². The van der Waals surface area contributed by atoms with Crippen molar-refractivity contribution in [2.45, 2.75) is 25.9 Å². The van der Waals surface area contributed by atoms with Crippen LogP contribution in [-0.2, 0) is 14.3 Å². The van der Waals surface area contributed by atoms with Gasteiger partial charge in [0.1, 0.15) is 30.4 Å². The number of amidine groups is 1. The number of carbonyl (C=O) groups excluding carboxylic acids is 1. The summed E-state index contributed by atoms with van der Waals surface area (Å²) in [5, 5.41) is 15.9. The van der Waals surface area contributed by atoms with Gasteiger partial charge in [-0.05, 0) is 47.9 Å². The summed E-state index contributed by atoms with van der Waals surface area (Å²) in [4.78, 5) is 16.0. The monoisotopic (exact) mass is 474 g/mol. The number of nitrogens with zero attached hydrogens (tertiary/aromatic N) is 2. The summed E-state index contributed by atoms with van der Waals surface area (Å²) in [6.07, 6.45) is 9.58. The van der Waals surface area contributed by atoms with Crippen LogP contribution in [0.25, 0.3) is 5.57 Å². The molecule has 8 heteroatoms. The Morgan fingerprint density at radius 2 is 2.09 bits per heavy atom. The van der Waals surface area contributed by atoms with Crippen molar-refractivity contribution in [1.82, 2.24) is 10.6 Å². The summed E-state index contributed by atoms with van der Waals surface area (Å²) < 4.78 is 16.9. The first-order valence-corrected chi connectivity index (χ1v) is 11.8. The maximum absolute atomic E-state index is 11.6. The molecule has 0 aliphatic carbocycles. The van der Waals surface area contributed by atoms with Crippen LogP contribution in [0, 0.1) is 11.3 Å². The summed E-state index contributed by atoms with van der Waals surface area (Å²) in [5.74, 6) is 1.22. The number of benzene rings is 1. The molecule has 1 aromatic carbocycles. The van der Waals surface area contributed by atoms with Crippen molar-refractivity contribution in [3.8, 4) is 11.8 Å². The number of carbonyl (C=O) groups is 1. The van der Waals surface area contributed by atoms with Crippen LogP contribution in [0.4, 0.5) is 0 Å². The fourth-order valence-electron chi connectivity index (χ4n) is 4.12. The minimum atomic E-state index is -0.133. The molecule has 1 saturated heterocycles. The number of allylic oxidation sites excluding steroid dienone is 2. The third-order valence-electron chi connectivity index (χ3n) is 6.10. The lowest BCUT2D eigenvalue weighted by molar-refractivity contribution is -0.125. The molecule has 35 heavy (non-hydrogen) atoms. The van der Waals surface area contributed by atoms with E-state index >= 15 is 0 Å². The van der Waals surface area contributed by atoms with Gasteiger partial charge in [0.25, 0.3) is 0 Å². The number of rotatable bonds is 4. The molecule has 1 amide bonds. The number of hydrogen-bond donors (Lipinski definition) is 2. The zero-order valence-corrected chi connectivity index (χ0v) is 20.1. The predicted octanol–water partition coefficient (Wildman–Crippen LogP) is 3.03. The topological polar surface area (TPSA) is 105 Å². The van der Waals surface area contributed by atoms with E-state index in [4.69, 9.17) is 14.2 Å². The van der Waals surface area contributed by atoms with Gasteiger partial charge >= 0.3 is 0 Å². The summed E-state index contributed by atoms with van der Waals surface area (Å²) in [6.45, 7) is 4.18. The van der Waals surface area contributed by atoms with Gasteiger partial charge in [-0.1, -0.05) is 18.2 Å². The van der Waals surface area contributed by atoms with E-state index in [1.165, 1.54) is 0 Å². The molecule has 1 aromatic rings. The number of aliphatic imine (C=N–C) groups is 1. The third kappa shape index (κ3) is 6.07. The largest absolute Gasteiger partial charge is 0.489 e. The minimum Gasteiger partial charge on any atom is -0.489 e. The van der Waals surface area contributed by atoms with Crippen LogP contribution in [-0.4, -0.2) is 57.9 Å². The van der Waals surface area contributed by atoms with Crippen LogP contribution >= 0.6 is 0 Å². The van der Waals surface area contributed by atoms with Crippen molar-refractivity contribution in [3.05, 3.63) is 70.5 Å². The van der Waals surface area contributed by atoms with E-state index in [2.05, 4.69) is 27.8 Å². The zero-order valence-electron chi connectivity index (χ0n) is 20.1. The number of ether oxygens (including phenoxy) is 3. The molecule has 0 radical (unpaired) electrons. The highest BCUT2D eigenvalue weighted by Gasteiger charge is 2.22.